The van der Waals surface area contributed by atoms with Crippen LogP contribution in [0.25, 0.3) is 0 Å². The van der Waals surface area contributed by atoms with Crippen LogP contribution in [-0.2, 0) is 10.0 Å². The average Bonchev–Trinajstić information content (AvgIpc) is 2.69. The molecule has 30 heavy (non-hydrogen) atoms. The van der Waals surface area contributed by atoms with Crippen LogP contribution >= 0.6 is 0 Å². The topological polar surface area (TPSA) is 75.7 Å². The molecule has 0 radical (unpaired) electrons. The van der Waals surface area contributed by atoms with Crippen molar-refractivity contribution in [1.82, 2.24) is 4.31 Å². The fourth-order valence-electron chi connectivity index (χ4n) is 3.79. The van der Waals surface area contributed by atoms with Gasteiger partial charge in [0.15, 0.2) is 0 Å². The van der Waals surface area contributed by atoms with Crippen molar-refractivity contribution in [3.05, 3.63) is 53.8 Å². The molecule has 0 saturated carbocycles. The van der Waals surface area contributed by atoms with Crippen LogP contribution in [0.5, 0.6) is 5.75 Å². The summed E-state index contributed by atoms with van der Waals surface area (Å²) in [6.07, 6.45) is 0.930. The molecule has 3 rings (SSSR count). The maximum Gasteiger partial charge on any atom is 0.255 e. The lowest BCUT2D eigenvalue weighted by Crippen LogP contribution is -2.42. The van der Waals surface area contributed by atoms with Gasteiger partial charge in [0.1, 0.15) is 16.5 Å². The first kappa shape index (κ1) is 22.2. The van der Waals surface area contributed by atoms with Crippen LogP contribution in [0.2, 0.25) is 0 Å². The standard InChI is InChI=1S/C22H27FN2O4S/c1-4-29-19-8-6-18(7-9-19)24-22(26)17-5-10-20(23)21(12-17)30(27,28)25-13-15(2)11-16(3)14-25/h5-10,12,15-16H,4,11,13-14H2,1-3H3,(H,24,26)/t15-,16+. The Morgan fingerprint density at radius 1 is 1.13 bits per heavy atom. The number of anilines is 1. The fraction of sp³-hybridized carbons (Fsp3) is 0.409. The van der Waals surface area contributed by atoms with Gasteiger partial charge >= 0.3 is 0 Å². The number of halogens is 1. The summed E-state index contributed by atoms with van der Waals surface area (Å²) in [5, 5.41) is 2.69. The normalized spacial score (nSPS) is 20.0. The zero-order chi connectivity index (χ0) is 21.9. The number of hydrogen-bond donors (Lipinski definition) is 1. The Morgan fingerprint density at radius 3 is 2.37 bits per heavy atom. The van der Waals surface area contributed by atoms with E-state index < -0.39 is 26.6 Å². The average molecular weight is 435 g/mol. The highest BCUT2D eigenvalue weighted by Crippen LogP contribution is 2.28. The Morgan fingerprint density at radius 2 is 1.77 bits per heavy atom. The van der Waals surface area contributed by atoms with E-state index in [1.165, 1.54) is 10.4 Å². The Hall–Kier alpha value is -2.45. The summed E-state index contributed by atoms with van der Waals surface area (Å²) in [5.41, 5.74) is 0.595. The maximum atomic E-state index is 14.5. The lowest BCUT2D eigenvalue weighted by Gasteiger charge is -2.34. The summed E-state index contributed by atoms with van der Waals surface area (Å²) in [4.78, 5) is 12.2. The third-order valence-electron chi connectivity index (χ3n) is 5.07. The number of nitrogens with one attached hydrogen (secondary N) is 1. The second-order valence-corrected chi connectivity index (χ2v) is 9.73. The molecule has 0 spiro atoms. The number of piperidine rings is 1. The van der Waals surface area contributed by atoms with E-state index in [1.54, 1.807) is 24.3 Å². The molecule has 0 unspecified atom stereocenters. The van der Waals surface area contributed by atoms with E-state index >= 15 is 0 Å². The van der Waals surface area contributed by atoms with Crippen LogP contribution in [0, 0.1) is 17.7 Å². The van der Waals surface area contributed by atoms with Crippen LogP contribution in [0.1, 0.15) is 37.6 Å². The zero-order valence-electron chi connectivity index (χ0n) is 17.4. The van der Waals surface area contributed by atoms with Gasteiger partial charge in [-0.3, -0.25) is 4.79 Å². The predicted molar refractivity (Wildman–Crippen MR) is 114 cm³/mol. The van der Waals surface area contributed by atoms with Crippen LogP contribution in [0.3, 0.4) is 0 Å². The van der Waals surface area contributed by atoms with Gasteiger partial charge in [0, 0.05) is 24.3 Å². The Kier molecular flexibility index (Phi) is 6.77. The highest BCUT2D eigenvalue weighted by Gasteiger charge is 2.33. The Labute approximate surface area is 177 Å². The molecule has 2 aromatic rings. The molecular formula is C22H27FN2O4S. The van der Waals surface area contributed by atoms with Gasteiger partial charge in [0.25, 0.3) is 5.91 Å². The Bertz CT molecular complexity index is 998. The molecule has 0 aliphatic carbocycles. The van der Waals surface area contributed by atoms with E-state index in [0.717, 1.165) is 18.6 Å². The van der Waals surface area contributed by atoms with E-state index in [2.05, 4.69) is 5.32 Å². The lowest BCUT2D eigenvalue weighted by molar-refractivity contribution is 0.102. The number of carbonyl (C=O) groups is 1. The molecule has 6 nitrogen and oxygen atoms in total. The first-order valence-electron chi connectivity index (χ1n) is 10.0. The summed E-state index contributed by atoms with van der Waals surface area (Å²) < 4.78 is 47.3. The van der Waals surface area contributed by atoms with Gasteiger partial charge in [-0.15, -0.1) is 0 Å². The SMILES string of the molecule is CCOc1ccc(NC(=O)c2ccc(F)c(S(=O)(=O)N3C[C@H](C)C[C@H](C)C3)c2)cc1. The van der Waals surface area contributed by atoms with Crippen LogP contribution in [-0.4, -0.2) is 38.3 Å². The maximum absolute atomic E-state index is 14.5. The number of hydrogen-bond acceptors (Lipinski definition) is 4. The molecule has 1 fully saturated rings. The fourth-order valence-corrected chi connectivity index (χ4v) is 5.56. The molecule has 8 heteroatoms. The number of rotatable bonds is 6. The number of benzene rings is 2. The van der Waals surface area contributed by atoms with Crippen LogP contribution < -0.4 is 10.1 Å². The van der Waals surface area contributed by atoms with Gasteiger partial charge in [-0.25, -0.2) is 12.8 Å². The molecule has 2 atom stereocenters. The molecule has 1 aliphatic rings. The summed E-state index contributed by atoms with van der Waals surface area (Å²) in [5.74, 6) is -0.319. The minimum absolute atomic E-state index is 0.0713. The highest BCUT2D eigenvalue weighted by atomic mass is 32.2. The minimum Gasteiger partial charge on any atom is -0.494 e. The van der Waals surface area contributed by atoms with Crippen LogP contribution in [0.4, 0.5) is 10.1 Å². The lowest BCUT2D eigenvalue weighted by atomic mass is 9.94. The van der Waals surface area contributed by atoms with E-state index in [0.29, 0.717) is 31.1 Å². The van der Waals surface area contributed by atoms with Gasteiger partial charge in [-0.2, -0.15) is 4.31 Å². The molecule has 162 valence electrons. The van der Waals surface area contributed by atoms with Gasteiger partial charge in [-0.05, 0) is 67.6 Å². The van der Waals surface area contributed by atoms with Gasteiger partial charge in [0.05, 0.1) is 6.61 Å². The summed E-state index contributed by atoms with van der Waals surface area (Å²) >= 11 is 0. The number of nitrogens with zero attached hydrogens (tertiary/aromatic N) is 1. The van der Waals surface area contributed by atoms with E-state index in [4.69, 9.17) is 4.74 Å². The quantitative estimate of drug-likeness (QED) is 0.741. The molecular weight excluding hydrogens is 407 g/mol. The summed E-state index contributed by atoms with van der Waals surface area (Å²) in [7, 11) is -4.04. The molecule has 1 aliphatic heterocycles. The van der Waals surface area contributed by atoms with Gasteiger partial charge in [-0.1, -0.05) is 13.8 Å². The molecule has 0 bridgehead atoms. The molecule has 1 N–H and O–H groups in total. The molecule has 0 aromatic heterocycles. The first-order valence-corrected chi connectivity index (χ1v) is 11.5. The van der Waals surface area contributed by atoms with Crippen molar-refractivity contribution < 1.29 is 22.3 Å². The monoisotopic (exact) mass is 434 g/mol. The van der Waals surface area contributed by atoms with Crippen molar-refractivity contribution in [3.8, 4) is 5.75 Å². The molecule has 1 amide bonds. The van der Waals surface area contributed by atoms with E-state index in [1.807, 2.05) is 20.8 Å². The smallest absolute Gasteiger partial charge is 0.255 e. The number of sulfonamides is 1. The van der Waals surface area contributed by atoms with Gasteiger partial charge in [0.2, 0.25) is 10.0 Å². The van der Waals surface area contributed by atoms with Crippen molar-refractivity contribution in [2.24, 2.45) is 11.8 Å². The molecule has 2 aromatic carbocycles. The van der Waals surface area contributed by atoms with Gasteiger partial charge < -0.3 is 10.1 Å². The largest absolute Gasteiger partial charge is 0.494 e. The van der Waals surface area contributed by atoms with Crippen LogP contribution in [0.15, 0.2) is 47.4 Å². The second kappa shape index (κ2) is 9.14. The Balaban J connectivity index is 1.82. The molecule has 1 saturated heterocycles. The third kappa shape index (κ3) is 4.99. The minimum atomic E-state index is -4.04. The van der Waals surface area contributed by atoms with Crippen molar-refractivity contribution in [2.75, 3.05) is 25.0 Å². The molecule has 1 heterocycles. The first-order chi connectivity index (χ1) is 14.2. The number of ether oxygens (including phenoxy) is 1. The van der Waals surface area contributed by atoms with Crippen molar-refractivity contribution >= 4 is 21.6 Å². The van der Waals surface area contributed by atoms with Crippen molar-refractivity contribution in [3.63, 3.8) is 0 Å². The van der Waals surface area contributed by atoms with Crippen molar-refractivity contribution in [1.29, 1.82) is 0 Å². The highest BCUT2D eigenvalue weighted by molar-refractivity contribution is 7.89. The predicted octanol–water partition coefficient (Wildman–Crippen LogP) is 4.14. The second-order valence-electron chi connectivity index (χ2n) is 7.82. The number of amides is 1. The summed E-state index contributed by atoms with van der Waals surface area (Å²) in [6.45, 7) is 7.06. The van der Waals surface area contributed by atoms with E-state index in [9.17, 15) is 17.6 Å². The number of carbonyl (C=O) groups excluding carboxylic acids is 1. The zero-order valence-corrected chi connectivity index (χ0v) is 18.2. The van der Waals surface area contributed by atoms with E-state index in [-0.39, 0.29) is 17.4 Å². The van der Waals surface area contributed by atoms with Crippen molar-refractivity contribution in [2.45, 2.75) is 32.1 Å². The third-order valence-corrected chi connectivity index (χ3v) is 6.92. The summed E-state index contributed by atoms with van der Waals surface area (Å²) in [6, 6.07) is 10.2.